The molecule has 21 heavy (non-hydrogen) atoms. The highest BCUT2D eigenvalue weighted by Gasteiger charge is 2.07. The van der Waals surface area contributed by atoms with Gasteiger partial charge in [0.1, 0.15) is 0 Å². The van der Waals surface area contributed by atoms with Gasteiger partial charge in [-0.3, -0.25) is 10.2 Å². The number of hydrogen-bond donors (Lipinski definition) is 4. The third kappa shape index (κ3) is 11.9. The topological polar surface area (TPSA) is 122 Å². The van der Waals surface area contributed by atoms with Crippen LogP contribution in [0.3, 0.4) is 0 Å². The smallest absolute Gasteiger partial charge is 0.238 e. The number of nitrogens with two attached hydrogens (primary N) is 2. The van der Waals surface area contributed by atoms with Gasteiger partial charge in [0.25, 0.3) is 0 Å². The molecule has 0 aliphatic rings. The Morgan fingerprint density at radius 3 is 2.52 bits per heavy atom. The predicted octanol–water partition coefficient (Wildman–Crippen LogP) is 1.49. The minimum Gasteiger partial charge on any atom is -0.367 e. The zero-order chi connectivity index (χ0) is 16.1. The Kier molecular flexibility index (Phi) is 11.3. The highest BCUT2D eigenvalue weighted by Crippen LogP contribution is 2.01. The minimum atomic E-state index is -0.341. The fourth-order valence-corrected chi connectivity index (χ4v) is 1.37. The zero-order valence-electron chi connectivity index (χ0n) is 13.4. The zero-order valence-corrected chi connectivity index (χ0v) is 13.4. The van der Waals surface area contributed by atoms with Gasteiger partial charge in [0.05, 0.1) is 13.2 Å². The first-order valence-corrected chi connectivity index (χ1v) is 7.46. The molecule has 0 saturated heterocycles. The molecule has 0 atom stereocenters. The molecule has 0 aromatic carbocycles. The molecule has 0 fully saturated rings. The summed E-state index contributed by atoms with van der Waals surface area (Å²) in [7, 11) is 0. The molecule has 0 bridgehead atoms. The van der Waals surface area contributed by atoms with Crippen LogP contribution in [-0.4, -0.2) is 30.3 Å². The number of nitrogens with one attached hydrogen (secondary N) is 2. The summed E-state index contributed by atoms with van der Waals surface area (Å²) in [6, 6.07) is 0. The second-order valence-corrected chi connectivity index (χ2v) is 5.17. The molecule has 0 aliphatic heterocycles. The lowest BCUT2D eigenvalue weighted by atomic mass is 10.1. The maximum Gasteiger partial charge on any atom is 0.238 e. The molecule has 0 aromatic rings. The molecule has 0 radical (unpaired) electrons. The van der Waals surface area contributed by atoms with Gasteiger partial charge in [-0.05, 0) is 18.8 Å². The Labute approximate surface area is 127 Å². The van der Waals surface area contributed by atoms with Crippen molar-refractivity contribution in [2.75, 3.05) is 13.2 Å². The monoisotopic (exact) mass is 302 g/mol. The second kappa shape index (κ2) is 12.2. The summed E-state index contributed by atoms with van der Waals surface area (Å²) in [6.07, 6.45) is 5.27. The second-order valence-electron chi connectivity index (χ2n) is 5.17. The van der Waals surface area contributed by atoms with Crippen LogP contribution in [0, 0.1) is 11.3 Å². The molecule has 124 valence electrons. The van der Waals surface area contributed by atoms with Gasteiger partial charge in [-0.15, -0.1) is 5.10 Å². The average molecular weight is 302 g/mol. The van der Waals surface area contributed by atoms with E-state index in [0.29, 0.717) is 19.1 Å². The lowest BCUT2D eigenvalue weighted by Crippen LogP contribution is -2.39. The molecule has 8 heteroatoms. The van der Waals surface area contributed by atoms with Crippen LogP contribution < -0.4 is 16.9 Å². The molecule has 8 nitrogen and oxygen atoms in total. The van der Waals surface area contributed by atoms with E-state index in [0.717, 1.165) is 24.4 Å². The lowest BCUT2D eigenvalue weighted by Gasteiger charge is -2.17. The predicted molar refractivity (Wildman–Crippen MR) is 84.0 cm³/mol. The number of rotatable bonds is 11. The molecule has 0 amide bonds. The Hall–Kier alpha value is -1.54. The average Bonchev–Trinajstić information content (AvgIpc) is 2.41. The van der Waals surface area contributed by atoms with Crippen LogP contribution in [0.4, 0.5) is 0 Å². The number of hydrogen-bond acceptors (Lipinski definition) is 4. The van der Waals surface area contributed by atoms with E-state index in [1.54, 1.807) is 0 Å². The van der Waals surface area contributed by atoms with Crippen molar-refractivity contribution in [3.8, 4) is 0 Å². The molecule has 0 spiro atoms. The van der Waals surface area contributed by atoms with Crippen LogP contribution in [0.2, 0.25) is 0 Å². The summed E-state index contributed by atoms with van der Waals surface area (Å²) in [5.41, 5.74) is 13.5. The van der Waals surface area contributed by atoms with Crippen molar-refractivity contribution in [1.29, 1.82) is 5.41 Å². The molecule has 0 rings (SSSR count). The summed E-state index contributed by atoms with van der Waals surface area (Å²) in [5, 5.41) is 12.1. The van der Waals surface area contributed by atoms with E-state index in [1.807, 2.05) is 0 Å². The van der Waals surface area contributed by atoms with Gasteiger partial charge in [-0.2, -0.15) is 0 Å². The van der Waals surface area contributed by atoms with Crippen LogP contribution in [0.5, 0.6) is 0 Å². The van der Waals surface area contributed by atoms with Crippen molar-refractivity contribution in [2.45, 2.75) is 52.9 Å². The van der Waals surface area contributed by atoms with E-state index in [4.69, 9.17) is 26.6 Å². The van der Waals surface area contributed by atoms with Crippen LogP contribution in [0.25, 0.3) is 0 Å². The highest BCUT2D eigenvalue weighted by molar-refractivity contribution is 5.79. The van der Waals surface area contributed by atoms with Crippen molar-refractivity contribution in [2.24, 2.45) is 22.5 Å². The molecule has 0 heterocycles. The van der Waals surface area contributed by atoms with Crippen LogP contribution >= 0.6 is 0 Å². The molecule has 0 unspecified atom stereocenters. The highest BCUT2D eigenvalue weighted by atomic mass is 16.7. The Balaban J connectivity index is 4.00. The van der Waals surface area contributed by atoms with E-state index in [9.17, 15) is 0 Å². The van der Waals surface area contributed by atoms with Crippen LogP contribution in [-0.2, 0) is 9.68 Å². The van der Waals surface area contributed by atoms with Crippen LogP contribution in [0.1, 0.15) is 52.9 Å². The summed E-state index contributed by atoms with van der Waals surface area (Å²) >= 11 is 0. The number of hydrazone groups is 1. The van der Waals surface area contributed by atoms with Crippen molar-refractivity contribution in [1.82, 2.24) is 10.7 Å². The van der Waals surface area contributed by atoms with Gasteiger partial charge < -0.3 is 11.5 Å². The van der Waals surface area contributed by atoms with Crippen LogP contribution in [0.15, 0.2) is 5.10 Å². The Morgan fingerprint density at radius 1 is 1.24 bits per heavy atom. The summed E-state index contributed by atoms with van der Waals surface area (Å²) < 4.78 is 0. The Morgan fingerprint density at radius 2 is 1.95 bits per heavy atom. The third-order valence-electron chi connectivity index (χ3n) is 2.59. The maximum absolute atomic E-state index is 7.37. The molecular formula is C13H30N6O2. The van der Waals surface area contributed by atoms with Gasteiger partial charge in [-0.1, -0.05) is 45.2 Å². The molecule has 6 N–H and O–H groups in total. The van der Waals surface area contributed by atoms with Gasteiger partial charge in [0.2, 0.25) is 11.9 Å². The Bertz CT molecular complexity index is 309. The molecule has 0 aliphatic carbocycles. The summed E-state index contributed by atoms with van der Waals surface area (Å²) in [5.74, 6) is 0.140. The van der Waals surface area contributed by atoms with Gasteiger partial charge in [0.15, 0.2) is 0 Å². The van der Waals surface area contributed by atoms with Crippen molar-refractivity contribution in [3.05, 3.63) is 0 Å². The fraction of sp³-hybridized carbons (Fsp3) is 0.846. The number of unbranched alkanes of at least 4 members (excludes halogenated alkanes) is 3. The number of nitrogens with zero attached hydrogens (tertiary/aromatic N) is 2. The van der Waals surface area contributed by atoms with E-state index >= 15 is 0 Å². The van der Waals surface area contributed by atoms with E-state index in [2.05, 4.69) is 31.4 Å². The molecular weight excluding hydrogens is 272 g/mol. The first kappa shape index (κ1) is 19.5. The van der Waals surface area contributed by atoms with Crippen molar-refractivity contribution >= 4 is 11.9 Å². The van der Waals surface area contributed by atoms with E-state index < -0.39 is 0 Å². The first-order valence-electron chi connectivity index (χ1n) is 7.46. The fourth-order valence-electron chi connectivity index (χ4n) is 1.37. The SMILES string of the molecule is CCCCCCONC(N)=NN(OCCC(C)C)C(=N)N. The van der Waals surface area contributed by atoms with Gasteiger partial charge in [-0.25, -0.2) is 10.3 Å². The minimum absolute atomic E-state index is 0.00904. The van der Waals surface area contributed by atoms with Crippen molar-refractivity contribution in [3.63, 3.8) is 0 Å². The van der Waals surface area contributed by atoms with Gasteiger partial charge in [0, 0.05) is 0 Å². The molecule has 0 aromatic heterocycles. The molecule has 0 saturated carbocycles. The van der Waals surface area contributed by atoms with E-state index in [1.165, 1.54) is 12.8 Å². The standard InChI is InChI=1S/C13H30N6O2/c1-4-5-6-7-9-20-18-13(16)17-19(12(14)15)21-10-8-11(2)3/h11H,4-10H2,1-3H3,(H3,14,15)(H3,16,17,18). The van der Waals surface area contributed by atoms with Crippen molar-refractivity contribution < 1.29 is 9.68 Å². The van der Waals surface area contributed by atoms with Gasteiger partial charge >= 0.3 is 0 Å². The number of hydroxylamine groups is 2. The third-order valence-corrected chi connectivity index (χ3v) is 2.59. The number of guanidine groups is 2. The normalized spacial score (nSPS) is 11.7. The first-order chi connectivity index (χ1) is 9.97. The lowest BCUT2D eigenvalue weighted by molar-refractivity contribution is -0.105. The summed E-state index contributed by atoms with van der Waals surface area (Å²) in [6.45, 7) is 7.26. The summed E-state index contributed by atoms with van der Waals surface area (Å²) in [4.78, 5) is 10.4. The van der Waals surface area contributed by atoms with E-state index in [-0.39, 0.29) is 11.9 Å². The largest absolute Gasteiger partial charge is 0.367 e. The maximum atomic E-state index is 7.37. The quantitative estimate of drug-likeness (QED) is 0.198.